The van der Waals surface area contributed by atoms with E-state index in [9.17, 15) is 31.2 Å². The normalized spacial score (nSPS) is 15.1. The van der Waals surface area contributed by atoms with Gasteiger partial charge >= 0.3 is 27.3 Å². The Kier molecular flexibility index (Phi) is 8.57. The molecule has 1 fully saturated rings. The average molecular weight is 597 g/mol. The van der Waals surface area contributed by atoms with Crippen LogP contribution >= 0.6 is 0 Å². The van der Waals surface area contributed by atoms with E-state index in [1.165, 1.54) is 12.1 Å². The van der Waals surface area contributed by atoms with E-state index in [2.05, 4.69) is 4.18 Å². The Labute approximate surface area is 235 Å². The van der Waals surface area contributed by atoms with E-state index in [1.54, 1.807) is 11.0 Å². The number of carbonyl (C=O) groups is 1. The maximum Gasteiger partial charge on any atom is 0.534 e. The van der Waals surface area contributed by atoms with Crippen LogP contribution in [0.2, 0.25) is 0 Å². The van der Waals surface area contributed by atoms with E-state index >= 15 is 0 Å². The average Bonchev–Trinajstić information content (AvgIpc) is 2.87. The first-order chi connectivity index (χ1) is 19.1. The summed E-state index contributed by atoms with van der Waals surface area (Å²) in [5, 5.41) is -0.104. The number of halogens is 3. The lowest BCUT2D eigenvalue weighted by atomic mass is 10.0. The first kappa shape index (κ1) is 30.2. The molecule has 1 saturated heterocycles. The number of nitrogens with zero attached hydrogens (tertiary/aromatic N) is 2. The highest BCUT2D eigenvalue weighted by Crippen LogP contribution is 2.33. The molecule has 2 aromatic carbocycles. The van der Waals surface area contributed by atoms with Crippen molar-refractivity contribution < 1.29 is 39.7 Å². The van der Waals surface area contributed by atoms with Crippen molar-refractivity contribution in [2.75, 3.05) is 24.5 Å². The predicted octanol–water partition coefficient (Wildman–Crippen LogP) is 5.47. The lowest BCUT2D eigenvalue weighted by Crippen LogP contribution is -2.49. The molecule has 3 aromatic rings. The van der Waals surface area contributed by atoms with Gasteiger partial charge in [-0.25, -0.2) is 9.59 Å². The third kappa shape index (κ3) is 7.51. The number of fused-ring (bicyclic) bond motifs is 1. The lowest BCUT2D eigenvalue weighted by Gasteiger charge is -2.40. The largest absolute Gasteiger partial charge is 0.534 e. The SMILES string of the molecule is CC(C)(C)OC(=O)N(CCc1ccccc1)C1CCN(c2ccc3c(OS(=O)(=O)C(F)(F)F)cc(=O)oc3c2)CC1. The van der Waals surface area contributed by atoms with Crippen LogP contribution in [0.5, 0.6) is 5.75 Å². The highest BCUT2D eigenvalue weighted by atomic mass is 32.2. The fourth-order valence-corrected chi connectivity index (χ4v) is 5.09. The fourth-order valence-electron chi connectivity index (χ4n) is 4.63. The molecule has 13 heteroatoms. The van der Waals surface area contributed by atoms with Crippen LogP contribution in [0.4, 0.5) is 23.7 Å². The lowest BCUT2D eigenvalue weighted by molar-refractivity contribution is -0.0499. The van der Waals surface area contributed by atoms with Crippen LogP contribution in [-0.4, -0.2) is 56.2 Å². The number of anilines is 1. The molecule has 4 rings (SSSR count). The van der Waals surface area contributed by atoms with Crippen molar-refractivity contribution in [3.8, 4) is 5.75 Å². The number of hydrogen-bond acceptors (Lipinski definition) is 8. The van der Waals surface area contributed by atoms with Gasteiger partial charge < -0.3 is 23.1 Å². The van der Waals surface area contributed by atoms with E-state index in [-0.39, 0.29) is 23.1 Å². The van der Waals surface area contributed by atoms with E-state index in [0.717, 1.165) is 5.56 Å². The van der Waals surface area contributed by atoms with Crippen molar-refractivity contribution in [1.29, 1.82) is 0 Å². The van der Waals surface area contributed by atoms with E-state index in [4.69, 9.17) is 9.15 Å². The summed E-state index contributed by atoms with van der Waals surface area (Å²) in [4.78, 5) is 28.9. The topological polar surface area (TPSA) is 106 Å². The third-order valence-corrected chi connectivity index (χ3v) is 7.52. The second kappa shape index (κ2) is 11.6. The molecule has 41 heavy (non-hydrogen) atoms. The molecule has 1 aromatic heterocycles. The maximum atomic E-state index is 13.1. The summed E-state index contributed by atoms with van der Waals surface area (Å²) in [6.45, 7) is 6.99. The minimum atomic E-state index is -5.98. The van der Waals surface area contributed by atoms with Gasteiger partial charge in [-0.05, 0) is 57.7 Å². The maximum absolute atomic E-state index is 13.1. The molecular weight excluding hydrogens is 565 g/mol. The van der Waals surface area contributed by atoms with Crippen molar-refractivity contribution in [3.63, 3.8) is 0 Å². The van der Waals surface area contributed by atoms with Gasteiger partial charge in [-0.1, -0.05) is 30.3 Å². The van der Waals surface area contributed by atoms with Crippen molar-refractivity contribution in [3.05, 3.63) is 70.6 Å². The van der Waals surface area contributed by atoms with Crippen molar-refractivity contribution in [2.24, 2.45) is 0 Å². The monoisotopic (exact) mass is 596 g/mol. The molecule has 1 aliphatic heterocycles. The van der Waals surface area contributed by atoms with Gasteiger partial charge in [-0.15, -0.1) is 0 Å². The summed E-state index contributed by atoms with van der Waals surface area (Å²) in [5.74, 6) is -0.773. The van der Waals surface area contributed by atoms with Gasteiger partial charge in [0.05, 0.1) is 11.5 Å². The van der Waals surface area contributed by atoms with Crippen molar-refractivity contribution in [1.82, 2.24) is 4.90 Å². The van der Waals surface area contributed by atoms with Gasteiger partial charge in [0.25, 0.3) is 0 Å². The van der Waals surface area contributed by atoms with Crippen LogP contribution in [0, 0.1) is 0 Å². The number of alkyl halides is 3. The van der Waals surface area contributed by atoms with Crippen LogP contribution < -0.4 is 14.7 Å². The second-order valence-electron chi connectivity index (χ2n) is 10.7. The quantitative estimate of drug-likeness (QED) is 0.201. The van der Waals surface area contributed by atoms with Gasteiger partial charge in [0.1, 0.15) is 11.2 Å². The molecule has 222 valence electrons. The third-order valence-electron chi connectivity index (χ3n) is 6.56. The van der Waals surface area contributed by atoms with Gasteiger partial charge in [-0.2, -0.15) is 21.6 Å². The highest BCUT2D eigenvalue weighted by Gasteiger charge is 2.49. The zero-order valence-corrected chi connectivity index (χ0v) is 23.6. The fraction of sp³-hybridized carbons (Fsp3) is 0.429. The molecule has 0 atom stereocenters. The molecule has 0 unspecified atom stereocenters. The Morgan fingerprint density at radius 3 is 2.32 bits per heavy atom. The van der Waals surface area contributed by atoms with Gasteiger partial charge in [0.2, 0.25) is 0 Å². The molecule has 0 aliphatic carbocycles. The molecule has 1 aliphatic rings. The van der Waals surface area contributed by atoms with Crippen LogP contribution in [0.1, 0.15) is 39.2 Å². The molecular formula is C28H31F3N2O7S. The van der Waals surface area contributed by atoms with Gasteiger partial charge in [0.15, 0.2) is 5.75 Å². The summed E-state index contributed by atoms with van der Waals surface area (Å²) in [5.41, 5.74) is -5.78. The number of rotatable bonds is 7. The van der Waals surface area contributed by atoms with Crippen LogP contribution in [0.3, 0.4) is 0 Å². The molecule has 0 spiro atoms. The Morgan fingerprint density at radius 1 is 1.05 bits per heavy atom. The number of benzene rings is 2. The van der Waals surface area contributed by atoms with Crippen molar-refractivity contribution >= 4 is 32.9 Å². The van der Waals surface area contributed by atoms with Crippen molar-refractivity contribution in [2.45, 2.75) is 57.2 Å². The van der Waals surface area contributed by atoms with Gasteiger partial charge in [0, 0.05) is 37.4 Å². The molecule has 2 heterocycles. The summed E-state index contributed by atoms with van der Waals surface area (Å²) in [6.07, 6.45) is 1.51. The van der Waals surface area contributed by atoms with E-state index in [1.807, 2.05) is 56.0 Å². The Hall–Kier alpha value is -3.74. The van der Waals surface area contributed by atoms with Crippen LogP contribution in [-0.2, 0) is 21.3 Å². The summed E-state index contributed by atoms with van der Waals surface area (Å²) >= 11 is 0. The molecule has 1 amide bonds. The first-order valence-electron chi connectivity index (χ1n) is 13.0. The van der Waals surface area contributed by atoms with E-state index in [0.29, 0.717) is 50.7 Å². The second-order valence-corrected chi connectivity index (χ2v) is 12.3. The Morgan fingerprint density at radius 2 is 1.71 bits per heavy atom. The summed E-state index contributed by atoms with van der Waals surface area (Å²) < 4.78 is 76.5. The standard InChI is InChI=1S/C28H31F3N2O7S/c1-27(2,3)39-26(35)33(16-11-19-7-5-4-6-8-19)20-12-14-32(15-13-20)21-9-10-22-23(17-21)38-25(34)18-24(22)40-41(36,37)28(29,30)31/h4-10,17-18,20H,11-16H2,1-3H3. The van der Waals surface area contributed by atoms with Crippen LogP contribution in [0.15, 0.2) is 63.8 Å². The highest BCUT2D eigenvalue weighted by molar-refractivity contribution is 7.88. The molecule has 9 nitrogen and oxygen atoms in total. The summed E-state index contributed by atoms with van der Waals surface area (Å²) in [7, 11) is -5.98. The molecule has 0 radical (unpaired) electrons. The minimum Gasteiger partial charge on any atom is -0.444 e. The smallest absolute Gasteiger partial charge is 0.444 e. The first-order valence-corrected chi connectivity index (χ1v) is 14.4. The van der Waals surface area contributed by atoms with Crippen LogP contribution in [0.25, 0.3) is 11.0 Å². The molecule has 0 bridgehead atoms. The number of amides is 1. The van der Waals surface area contributed by atoms with E-state index < -0.39 is 32.6 Å². The number of carbonyl (C=O) groups excluding carboxylic acids is 1. The zero-order chi connectivity index (χ0) is 30.0. The molecule has 0 N–H and O–H groups in total. The predicted molar refractivity (Wildman–Crippen MR) is 146 cm³/mol. The zero-order valence-electron chi connectivity index (χ0n) is 22.8. The summed E-state index contributed by atoms with van der Waals surface area (Å²) in [6, 6.07) is 14.7. The Balaban J connectivity index is 1.50. The Bertz CT molecular complexity index is 1540. The molecule has 0 saturated carbocycles. The number of piperidine rings is 1. The van der Waals surface area contributed by atoms with Gasteiger partial charge in [-0.3, -0.25) is 0 Å². The number of ether oxygens (including phenoxy) is 1. The number of hydrogen-bond donors (Lipinski definition) is 0. The minimum absolute atomic E-state index is 0.0872.